The van der Waals surface area contributed by atoms with Crippen LogP contribution in [0, 0.1) is 19.3 Å². The Labute approximate surface area is 72.0 Å². The van der Waals surface area contributed by atoms with Crippen LogP contribution in [0.4, 0.5) is 5.82 Å². The van der Waals surface area contributed by atoms with Gasteiger partial charge >= 0.3 is 0 Å². The number of aliphatic imine (C=N–C) groups is 1. The van der Waals surface area contributed by atoms with E-state index in [2.05, 4.69) is 9.98 Å². The Bertz CT molecular complexity index is 321. The molecule has 3 heteroatoms. The molecule has 0 aliphatic heterocycles. The van der Waals surface area contributed by atoms with E-state index in [1.165, 1.54) is 11.8 Å². The molecule has 0 spiro atoms. The zero-order valence-corrected chi connectivity index (χ0v) is 7.60. The van der Waals surface area contributed by atoms with Crippen LogP contribution in [0.3, 0.4) is 0 Å². The summed E-state index contributed by atoms with van der Waals surface area (Å²) in [7, 11) is 0. The number of hydrogen-bond donors (Lipinski definition) is 2. The highest BCUT2D eigenvalue weighted by Crippen LogP contribution is 2.18. The van der Waals surface area contributed by atoms with Gasteiger partial charge in [-0.15, -0.1) is 0 Å². The maximum Gasteiger partial charge on any atom is 0.133 e. The molecule has 64 valence electrons. The molecule has 1 aromatic rings. The minimum atomic E-state index is 0.460. The fourth-order valence-electron chi connectivity index (χ4n) is 0.875. The zero-order chi connectivity index (χ0) is 9.14. The van der Waals surface area contributed by atoms with Gasteiger partial charge in [-0.1, -0.05) is 0 Å². The van der Waals surface area contributed by atoms with E-state index < -0.39 is 0 Å². The summed E-state index contributed by atoms with van der Waals surface area (Å²) in [6.07, 6.45) is 3.46. The van der Waals surface area contributed by atoms with Gasteiger partial charge in [0.25, 0.3) is 0 Å². The topological polar surface area (TPSA) is 52.0 Å². The van der Waals surface area contributed by atoms with Crippen LogP contribution in [0.5, 0.6) is 0 Å². The van der Waals surface area contributed by atoms with Gasteiger partial charge in [0.2, 0.25) is 0 Å². The lowest BCUT2D eigenvalue weighted by molar-refractivity contribution is 1.32. The molecule has 0 aromatic carbocycles. The van der Waals surface area contributed by atoms with Gasteiger partial charge in [0.15, 0.2) is 0 Å². The van der Waals surface area contributed by atoms with Crippen molar-refractivity contribution in [1.29, 1.82) is 5.41 Å². The third kappa shape index (κ3) is 1.81. The van der Waals surface area contributed by atoms with Gasteiger partial charge < -0.3 is 10.4 Å². The number of hydrogen-bond acceptors (Lipinski definition) is 2. The van der Waals surface area contributed by atoms with Crippen LogP contribution in [0.2, 0.25) is 0 Å². The lowest BCUT2D eigenvalue weighted by Crippen LogP contribution is -1.87. The standard InChI is InChI=1S/C9H13N3/c1-6-4-11-9(8(6)3)12-5-7(2)10/h4-5,10-11H,1-3H3/b10-7?,12-5-. The molecule has 0 radical (unpaired) electrons. The van der Waals surface area contributed by atoms with E-state index in [0.717, 1.165) is 11.4 Å². The molecule has 0 aliphatic carbocycles. The summed E-state index contributed by atoms with van der Waals surface area (Å²) >= 11 is 0. The van der Waals surface area contributed by atoms with Crippen molar-refractivity contribution in [2.45, 2.75) is 20.8 Å². The summed E-state index contributed by atoms with van der Waals surface area (Å²) in [5.74, 6) is 0.846. The highest BCUT2D eigenvalue weighted by atomic mass is 14.9. The number of nitrogens with one attached hydrogen (secondary N) is 2. The molecule has 1 aromatic heterocycles. The monoisotopic (exact) mass is 163 g/mol. The molecule has 0 aliphatic rings. The van der Waals surface area contributed by atoms with Crippen molar-refractivity contribution >= 4 is 17.7 Å². The second-order valence-corrected chi connectivity index (χ2v) is 2.89. The van der Waals surface area contributed by atoms with Crippen molar-refractivity contribution in [1.82, 2.24) is 4.98 Å². The Hall–Kier alpha value is -1.38. The van der Waals surface area contributed by atoms with Gasteiger partial charge in [-0.3, -0.25) is 0 Å². The maximum atomic E-state index is 7.16. The van der Waals surface area contributed by atoms with Crippen LogP contribution in [0.25, 0.3) is 0 Å². The third-order valence-corrected chi connectivity index (χ3v) is 1.76. The van der Waals surface area contributed by atoms with E-state index >= 15 is 0 Å². The first kappa shape index (κ1) is 8.71. The van der Waals surface area contributed by atoms with Crippen molar-refractivity contribution < 1.29 is 0 Å². The Morgan fingerprint density at radius 2 is 2.25 bits per heavy atom. The molecule has 0 fully saturated rings. The molecule has 3 nitrogen and oxygen atoms in total. The highest BCUT2D eigenvalue weighted by molar-refractivity contribution is 6.28. The molecule has 0 saturated heterocycles. The number of aromatic nitrogens is 1. The van der Waals surface area contributed by atoms with Gasteiger partial charge in [0.1, 0.15) is 5.82 Å². The molecule has 1 rings (SSSR count). The first-order valence-electron chi connectivity index (χ1n) is 3.85. The summed E-state index contributed by atoms with van der Waals surface area (Å²) in [4.78, 5) is 7.16. The predicted octanol–water partition coefficient (Wildman–Crippen LogP) is 2.37. The molecule has 0 amide bonds. The van der Waals surface area contributed by atoms with Gasteiger partial charge in [-0.25, -0.2) is 4.99 Å². The average molecular weight is 163 g/mol. The fraction of sp³-hybridized carbons (Fsp3) is 0.333. The van der Waals surface area contributed by atoms with Crippen molar-refractivity contribution in [2.75, 3.05) is 0 Å². The van der Waals surface area contributed by atoms with Crippen molar-refractivity contribution in [3.63, 3.8) is 0 Å². The Kier molecular flexibility index (Phi) is 2.43. The Morgan fingerprint density at radius 3 is 2.67 bits per heavy atom. The van der Waals surface area contributed by atoms with Crippen molar-refractivity contribution in [2.24, 2.45) is 4.99 Å². The van der Waals surface area contributed by atoms with Gasteiger partial charge in [0, 0.05) is 18.1 Å². The summed E-state index contributed by atoms with van der Waals surface area (Å²) in [6.45, 7) is 5.74. The fourth-order valence-corrected chi connectivity index (χ4v) is 0.875. The van der Waals surface area contributed by atoms with Crippen LogP contribution >= 0.6 is 0 Å². The van der Waals surface area contributed by atoms with E-state index in [0.29, 0.717) is 5.71 Å². The first-order chi connectivity index (χ1) is 5.61. The lowest BCUT2D eigenvalue weighted by Gasteiger charge is -1.90. The minimum absolute atomic E-state index is 0.460. The molecule has 0 saturated carbocycles. The third-order valence-electron chi connectivity index (χ3n) is 1.76. The first-order valence-corrected chi connectivity index (χ1v) is 3.85. The Balaban J connectivity index is 2.90. The summed E-state index contributed by atoms with van der Waals surface area (Å²) < 4.78 is 0. The van der Waals surface area contributed by atoms with Gasteiger partial charge in [0.05, 0.1) is 0 Å². The van der Waals surface area contributed by atoms with E-state index in [4.69, 9.17) is 5.41 Å². The molecule has 12 heavy (non-hydrogen) atoms. The molecule has 2 N–H and O–H groups in total. The molecule has 1 heterocycles. The second kappa shape index (κ2) is 3.34. The predicted molar refractivity (Wildman–Crippen MR) is 51.8 cm³/mol. The minimum Gasteiger partial charge on any atom is -0.346 e. The van der Waals surface area contributed by atoms with Crippen LogP contribution in [0.1, 0.15) is 18.1 Å². The second-order valence-electron chi connectivity index (χ2n) is 2.89. The van der Waals surface area contributed by atoms with Crippen molar-refractivity contribution in [3.05, 3.63) is 17.3 Å². The zero-order valence-electron chi connectivity index (χ0n) is 7.60. The molecule has 0 bridgehead atoms. The van der Waals surface area contributed by atoms with E-state index in [1.807, 2.05) is 20.0 Å². The summed E-state index contributed by atoms with van der Waals surface area (Å²) in [5.41, 5.74) is 2.80. The quantitative estimate of drug-likeness (QED) is 0.629. The van der Waals surface area contributed by atoms with Crippen molar-refractivity contribution in [3.8, 4) is 0 Å². The number of H-pyrrole nitrogens is 1. The number of rotatable bonds is 2. The maximum absolute atomic E-state index is 7.16. The normalized spacial score (nSPS) is 10.9. The largest absolute Gasteiger partial charge is 0.346 e. The van der Waals surface area contributed by atoms with Gasteiger partial charge in [-0.2, -0.15) is 0 Å². The Morgan fingerprint density at radius 1 is 1.58 bits per heavy atom. The number of aromatic amines is 1. The smallest absolute Gasteiger partial charge is 0.133 e. The number of nitrogens with zero attached hydrogens (tertiary/aromatic N) is 1. The lowest BCUT2D eigenvalue weighted by atomic mass is 10.2. The van der Waals surface area contributed by atoms with Crippen LogP contribution in [-0.2, 0) is 0 Å². The number of aryl methyl sites for hydroxylation is 1. The molecular weight excluding hydrogens is 150 g/mol. The average Bonchev–Trinajstić information content (AvgIpc) is 2.30. The SMILES string of the molecule is CC(=N)/C=N\c1[nH]cc(C)c1C. The summed E-state index contributed by atoms with van der Waals surface area (Å²) in [6, 6.07) is 0. The van der Waals surface area contributed by atoms with Gasteiger partial charge in [-0.05, 0) is 31.9 Å². The summed E-state index contributed by atoms with van der Waals surface area (Å²) in [5, 5.41) is 7.16. The molecule has 0 unspecified atom stereocenters. The van der Waals surface area contributed by atoms with Crippen LogP contribution < -0.4 is 0 Å². The van der Waals surface area contributed by atoms with E-state index in [1.54, 1.807) is 6.92 Å². The van der Waals surface area contributed by atoms with E-state index in [-0.39, 0.29) is 0 Å². The van der Waals surface area contributed by atoms with Crippen LogP contribution in [0.15, 0.2) is 11.2 Å². The highest BCUT2D eigenvalue weighted by Gasteiger charge is 1.99. The molecular formula is C9H13N3. The van der Waals surface area contributed by atoms with E-state index in [9.17, 15) is 0 Å². The molecule has 0 atom stereocenters. The van der Waals surface area contributed by atoms with Crippen LogP contribution in [-0.4, -0.2) is 16.9 Å².